The molecule has 4 aromatic rings. The maximum Gasteiger partial charge on any atom is 0.181 e. The van der Waals surface area contributed by atoms with Crippen molar-refractivity contribution < 1.29 is 4.74 Å². The minimum Gasteiger partial charge on any atom is -0.497 e. The minimum absolute atomic E-state index is 0.00285. The summed E-state index contributed by atoms with van der Waals surface area (Å²) >= 11 is 0. The molecule has 0 spiro atoms. The molecule has 2 aromatic heterocycles. The maximum atomic E-state index is 5.45. The second-order valence-corrected chi connectivity index (χ2v) is 8.49. The van der Waals surface area contributed by atoms with E-state index >= 15 is 0 Å². The number of rotatable bonds is 6. The SMILES string of the molecule is COc1cccc(-c2nc(-c3ccc(N4CCCCC4)cc3)nn2C(C)c2ccncc2)c1. The molecule has 0 aliphatic carbocycles. The predicted molar refractivity (Wildman–Crippen MR) is 132 cm³/mol. The lowest BCUT2D eigenvalue weighted by molar-refractivity contribution is 0.415. The first kappa shape index (κ1) is 21.2. The molecule has 168 valence electrons. The van der Waals surface area contributed by atoms with Gasteiger partial charge in [0.1, 0.15) is 5.75 Å². The highest BCUT2D eigenvalue weighted by molar-refractivity contribution is 5.65. The van der Waals surface area contributed by atoms with E-state index in [1.165, 1.54) is 24.9 Å². The van der Waals surface area contributed by atoms with Crippen LogP contribution in [0.15, 0.2) is 73.1 Å². The van der Waals surface area contributed by atoms with Crippen molar-refractivity contribution in [3.63, 3.8) is 0 Å². The van der Waals surface area contributed by atoms with Crippen LogP contribution in [-0.4, -0.2) is 39.9 Å². The fourth-order valence-electron chi connectivity index (χ4n) is 4.43. The highest BCUT2D eigenvalue weighted by Gasteiger charge is 2.20. The van der Waals surface area contributed by atoms with Crippen LogP contribution in [0.4, 0.5) is 5.69 Å². The molecule has 6 heteroatoms. The molecule has 0 bridgehead atoms. The molecule has 1 saturated heterocycles. The first-order valence-electron chi connectivity index (χ1n) is 11.6. The van der Waals surface area contributed by atoms with E-state index in [0.717, 1.165) is 47.2 Å². The van der Waals surface area contributed by atoms with Gasteiger partial charge in [0, 0.05) is 42.3 Å². The van der Waals surface area contributed by atoms with Gasteiger partial charge in [0.05, 0.1) is 13.2 Å². The third-order valence-corrected chi connectivity index (χ3v) is 6.36. The second-order valence-electron chi connectivity index (χ2n) is 8.49. The van der Waals surface area contributed by atoms with Crippen molar-refractivity contribution in [2.75, 3.05) is 25.1 Å². The largest absolute Gasteiger partial charge is 0.497 e. The molecule has 1 atom stereocenters. The topological polar surface area (TPSA) is 56.1 Å². The summed E-state index contributed by atoms with van der Waals surface area (Å²) in [7, 11) is 1.68. The van der Waals surface area contributed by atoms with Crippen molar-refractivity contribution >= 4 is 5.69 Å². The fraction of sp³-hybridized carbons (Fsp3) is 0.296. The lowest BCUT2D eigenvalue weighted by Crippen LogP contribution is -2.29. The second kappa shape index (κ2) is 9.45. The van der Waals surface area contributed by atoms with E-state index in [2.05, 4.69) is 41.1 Å². The Morgan fingerprint density at radius 2 is 1.64 bits per heavy atom. The highest BCUT2D eigenvalue weighted by atomic mass is 16.5. The zero-order chi connectivity index (χ0) is 22.6. The monoisotopic (exact) mass is 439 g/mol. The molecule has 0 saturated carbocycles. The van der Waals surface area contributed by atoms with E-state index in [1.54, 1.807) is 7.11 Å². The Labute approximate surface area is 194 Å². The number of benzene rings is 2. The van der Waals surface area contributed by atoms with Gasteiger partial charge in [0.2, 0.25) is 0 Å². The third-order valence-electron chi connectivity index (χ3n) is 6.36. The Balaban J connectivity index is 1.53. The molecule has 1 aliphatic heterocycles. The van der Waals surface area contributed by atoms with Crippen molar-refractivity contribution in [2.24, 2.45) is 0 Å². The Kier molecular flexibility index (Phi) is 6.07. The Morgan fingerprint density at radius 1 is 0.879 bits per heavy atom. The van der Waals surface area contributed by atoms with Crippen molar-refractivity contribution in [1.29, 1.82) is 0 Å². The summed E-state index contributed by atoms with van der Waals surface area (Å²) in [6, 6.07) is 20.7. The molecule has 0 N–H and O–H groups in total. The molecule has 5 rings (SSSR count). The lowest BCUT2D eigenvalue weighted by atomic mass is 10.1. The van der Waals surface area contributed by atoms with E-state index in [-0.39, 0.29) is 6.04 Å². The molecule has 0 radical (unpaired) electrons. The summed E-state index contributed by atoms with van der Waals surface area (Å²) in [5, 5.41) is 4.96. The van der Waals surface area contributed by atoms with Crippen LogP contribution in [0.2, 0.25) is 0 Å². The molecule has 1 aliphatic rings. The molecule has 1 fully saturated rings. The van der Waals surface area contributed by atoms with Crippen LogP contribution < -0.4 is 9.64 Å². The maximum absolute atomic E-state index is 5.45. The van der Waals surface area contributed by atoms with Gasteiger partial charge in [-0.1, -0.05) is 12.1 Å². The molecule has 3 heterocycles. The van der Waals surface area contributed by atoms with Crippen LogP contribution in [-0.2, 0) is 0 Å². The van der Waals surface area contributed by atoms with Gasteiger partial charge in [-0.05, 0) is 80.3 Å². The van der Waals surface area contributed by atoms with Crippen LogP contribution in [0.1, 0.15) is 37.8 Å². The molecule has 6 nitrogen and oxygen atoms in total. The molecule has 0 amide bonds. The number of piperidine rings is 1. The van der Waals surface area contributed by atoms with Gasteiger partial charge in [-0.25, -0.2) is 9.67 Å². The van der Waals surface area contributed by atoms with E-state index in [1.807, 2.05) is 53.5 Å². The van der Waals surface area contributed by atoms with Crippen LogP contribution in [0.25, 0.3) is 22.8 Å². The minimum atomic E-state index is 0.00285. The summed E-state index contributed by atoms with van der Waals surface area (Å²) in [5.74, 6) is 2.33. The van der Waals surface area contributed by atoms with Crippen LogP contribution >= 0.6 is 0 Å². The zero-order valence-corrected chi connectivity index (χ0v) is 19.2. The number of hydrogen-bond acceptors (Lipinski definition) is 5. The number of nitrogens with zero attached hydrogens (tertiary/aromatic N) is 5. The van der Waals surface area contributed by atoms with Crippen molar-refractivity contribution in [3.05, 3.63) is 78.6 Å². The van der Waals surface area contributed by atoms with Gasteiger partial charge in [-0.15, -0.1) is 5.10 Å². The van der Waals surface area contributed by atoms with Crippen molar-refractivity contribution in [3.8, 4) is 28.5 Å². The summed E-state index contributed by atoms with van der Waals surface area (Å²) in [6.07, 6.45) is 7.50. The molecule has 33 heavy (non-hydrogen) atoms. The number of aromatic nitrogens is 4. The van der Waals surface area contributed by atoms with E-state index in [4.69, 9.17) is 14.8 Å². The quantitative estimate of drug-likeness (QED) is 0.391. The van der Waals surface area contributed by atoms with Crippen LogP contribution in [0, 0.1) is 0 Å². The van der Waals surface area contributed by atoms with Crippen LogP contribution in [0.5, 0.6) is 5.75 Å². The first-order valence-corrected chi connectivity index (χ1v) is 11.6. The number of hydrogen-bond donors (Lipinski definition) is 0. The average molecular weight is 440 g/mol. The van der Waals surface area contributed by atoms with E-state index in [0.29, 0.717) is 0 Å². The van der Waals surface area contributed by atoms with Crippen molar-refractivity contribution in [2.45, 2.75) is 32.2 Å². The number of pyridine rings is 1. The van der Waals surface area contributed by atoms with Gasteiger partial charge in [-0.2, -0.15) is 0 Å². The summed E-state index contributed by atoms with van der Waals surface area (Å²) in [5.41, 5.74) is 4.39. The Morgan fingerprint density at radius 3 is 2.36 bits per heavy atom. The fourth-order valence-corrected chi connectivity index (χ4v) is 4.43. The molecular formula is C27H29N5O. The number of methoxy groups -OCH3 is 1. The van der Waals surface area contributed by atoms with E-state index < -0.39 is 0 Å². The Hall–Kier alpha value is -3.67. The molecule has 1 unspecified atom stereocenters. The third kappa shape index (κ3) is 4.46. The first-order chi connectivity index (χ1) is 16.2. The normalized spacial score (nSPS) is 14.8. The highest BCUT2D eigenvalue weighted by Crippen LogP contribution is 2.30. The smallest absolute Gasteiger partial charge is 0.181 e. The lowest BCUT2D eigenvalue weighted by Gasteiger charge is -2.28. The average Bonchev–Trinajstić information content (AvgIpc) is 3.35. The Bertz CT molecular complexity index is 1200. The van der Waals surface area contributed by atoms with Gasteiger partial charge >= 0.3 is 0 Å². The number of ether oxygens (including phenoxy) is 1. The van der Waals surface area contributed by atoms with Crippen molar-refractivity contribution in [1.82, 2.24) is 19.7 Å². The van der Waals surface area contributed by atoms with Gasteiger partial charge in [0.15, 0.2) is 11.6 Å². The number of anilines is 1. The zero-order valence-electron chi connectivity index (χ0n) is 19.2. The summed E-state index contributed by atoms with van der Waals surface area (Å²) < 4.78 is 7.45. The molecular weight excluding hydrogens is 410 g/mol. The standard InChI is InChI=1S/C27H29N5O/c1-20(21-13-15-28-16-14-21)32-27(23-7-6-8-25(19-23)33-2)29-26(30-32)22-9-11-24(12-10-22)31-17-4-3-5-18-31/h6-16,19-20H,3-5,17-18H2,1-2H3. The van der Waals surface area contributed by atoms with Gasteiger partial charge in [0.25, 0.3) is 0 Å². The molecule has 2 aromatic carbocycles. The van der Waals surface area contributed by atoms with Gasteiger partial charge in [-0.3, -0.25) is 4.98 Å². The summed E-state index contributed by atoms with van der Waals surface area (Å²) in [4.78, 5) is 11.6. The summed E-state index contributed by atoms with van der Waals surface area (Å²) in [6.45, 7) is 4.40. The van der Waals surface area contributed by atoms with Crippen LogP contribution in [0.3, 0.4) is 0 Å². The van der Waals surface area contributed by atoms with E-state index in [9.17, 15) is 0 Å². The predicted octanol–water partition coefficient (Wildman–Crippen LogP) is 5.62. The van der Waals surface area contributed by atoms with Gasteiger partial charge < -0.3 is 9.64 Å².